The minimum Gasteiger partial charge on any atom is -0.0625 e. The van der Waals surface area contributed by atoms with Crippen molar-refractivity contribution in [3.05, 3.63) is 0 Å². The van der Waals surface area contributed by atoms with E-state index in [9.17, 15) is 0 Å². The van der Waals surface area contributed by atoms with Gasteiger partial charge in [-0.1, -0.05) is 62.3 Å². The van der Waals surface area contributed by atoms with Gasteiger partial charge in [0.15, 0.2) is 0 Å². The van der Waals surface area contributed by atoms with Crippen LogP contribution in [0.25, 0.3) is 0 Å². The summed E-state index contributed by atoms with van der Waals surface area (Å²) >= 11 is 0. The summed E-state index contributed by atoms with van der Waals surface area (Å²) in [6.45, 7) is 22.0. The Morgan fingerprint density at radius 2 is 1.11 bits per heavy atom. The Morgan fingerprint density at radius 1 is 0.778 bits per heavy atom. The topological polar surface area (TPSA) is 0 Å². The van der Waals surface area contributed by atoms with Crippen molar-refractivity contribution in [3.8, 4) is 0 Å². The Balaban J connectivity index is 3.10. The van der Waals surface area contributed by atoms with E-state index in [1.807, 2.05) is 0 Å². The first kappa shape index (κ1) is 16.1. The standard InChI is InChI=1S/C18H36/c1-12(2)16-14(17(4,5)6)10-13(3)11-15(16)18(7,8)9/h12-16H,10-11H2,1-9H3. The van der Waals surface area contributed by atoms with E-state index < -0.39 is 0 Å². The molecule has 2 unspecified atom stereocenters. The molecule has 0 nitrogen and oxygen atoms in total. The monoisotopic (exact) mass is 252 g/mol. The van der Waals surface area contributed by atoms with Crippen LogP contribution in [0.2, 0.25) is 0 Å². The fraction of sp³-hybridized carbons (Fsp3) is 1.00. The lowest BCUT2D eigenvalue weighted by Crippen LogP contribution is -2.45. The van der Waals surface area contributed by atoms with Gasteiger partial charge < -0.3 is 0 Å². The fourth-order valence-electron chi connectivity index (χ4n) is 4.35. The third-order valence-electron chi connectivity index (χ3n) is 5.24. The van der Waals surface area contributed by atoms with Gasteiger partial charge in [0.2, 0.25) is 0 Å². The maximum Gasteiger partial charge on any atom is -0.0324 e. The van der Waals surface area contributed by atoms with E-state index in [1.165, 1.54) is 12.8 Å². The highest BCUT2D eigenvalue weighted by molar-refractivity contribution is 4.95. The molecule has 0 heterocycles. The molecule has 0 saturated heterocycles. The average Bonchev–Trinajstić information content (AvgIpc) is 2.12. The van der Waals surface area contributed by atoms with Crippen LogP contribution in [0.15, 0.2) is 0 Å². The zero-order valence-corrected chi connectivity index (χ0v) is 14.3. The molecule has 0 amide bonds. The molecule has 1 saturated carbocycles. The lowest BCUT2D eigenvalue weighted by molar-refractivity contribution is -0.0374. The van der Waals surface area contributed by atoms with E-state index in [-0.39, 0.29) is 0 Å². The number of hydrogen-bond acceptors (Lipinski definition) is 0. The van der Waals surface area contributed by atoms with Gasteiger partial charge in [0, 0.05) is 0 Å². The molecule has 0 spiro atoms. The maximum atomic E-state index is 2.47. The molecule has 0 radical (unpaired) electrons. The van der Waals surface area contributed by atoms with E-state index >= 15 is 0 Å². The highest BCUT2D eigenvalue weighted by Gasteiger charge is 2.46. The number of hydrogen-bond donors (Lipinski definition) is 0. The van der Waals surface area contributed by atoms with Gasteiger partial charge in [-0.3, -0.25) is 0 Å². The van der Waals surface area contributed by atoms with Gasteiger partial charge in [-0.15, -0.1) is 0 Å². The van der Waals surface area contributed by atoms with Crippen LogP contribution in [0, 0.1) is 40.4 Å². The van der Waals surface area contributed by atoms with Crippen molar-refractivity contribution in [3.63, 3.8) is 0 Å². The zero-order chi connectivity index (χ0) is 14.3. The van der Waals surface area contributed by atoms with Crippen LogP contribution in [0.1, 0.15) is 75.2 Å². The smallest absolute Gasteiger partial charge is 0.0324 e. The van der Waals surface area contributed by atoms with Crippen LogP contribution >= 0.6 is 0 Å². The molecule has 1 rings (SSSR count). The zero-order valence-electron chi connectivity index (χ0n) is 14.3. The Labute approximate surface area is 116 Å². The molecule has 0 heteroatoms. The molecule has 0 N–H and O–H groups in total. The van der Waals surface area contributed by atoms with E-state index in [0.29, 0.717) is 10.8 Å². The Morgan fingerprint density at radius 3 is 1.33 bits per heavy atom. The normalized spacial score (nSPS) is 35.0. The molecule has 0 aromatic rings. The molecule has 108 valence electrons. The lowest BCUT2D eigenvalue weighted by atomic mass is 9.52. The summed E-state index contributed by atoms with van der Waals surface area (Å²) in [5, 5.41) is 0. The van der Waals surface area contributed by atoms with Crippen LogP contribution in [0.4, 0.5) is 0 Å². The van der Waals surface area contributed by atoms with Gasteiger partial charge >= 0.3 is 0 Å². The summed E-state index contributed by atoms with van der Waals surface area (Å²) in [6, 6.07) is 0. The molecule has 1 aliphatic rings. The van der Waals surface area contributed by atoms with Crippen molar-refractivity contribution in [2.45, 2.75) is 75.2 Å². The van der Waals surface area contributed by atoms with Gasteiger partial charge in [-0.25, -0.2) is 0 Å². The molecule has 0 aliphatic heterocycles. The van der Waals surface area contributed by atoms with Gasteiger partial charge in [-0.2, -0.15) is 0 Å². The van der Waals surface area contributed by atoms with Crippen molar-refractivity contribution in [1.82, 2.24) is 0 Å². The summed E-state index contributed by atoms with van der Waals surface area (Å²) < 4.78 is 0. The SMILES string of the molecule is CC1CC(C(C)(C)C)C(C(C)C)C(C(C)(C)C)C1. The Kier molecular flexibility index (Phi) is 4.62. The summed E-state index contributed by atoms with van der Waals surface area (Å²) in [5.74, 6) is 4.36. The van der Waals surface area contributed by atoms with E-state index in [4.69, 9.17) is 0 Å². The van der Waals surface area contributed by atoms with Gasteiger partial charge in [0.25, 0.3) is 0 Å². The maximum absolute atomic E-state index is 2.47. The molecule has 0 aromatic carbocycles. The third-order valence-corrected chi connectivity index (χ3v) is 5.24. The quantitative estimate of drug-likeness (QED) is 0.536. The minimum atomic E-state index is 0.452. The first-order valence-corrected chi connectivity index (χ1v) is 7.94. The second-order valence-electron chi connectivity index (χ2n) is 9.34. The predicted molar refractivity (Wildman–Crippen MR) is 82.6 cm³/mol. The van der Waals surface area contributed by atoms with E-state index in [2.05, 4.69) is 62.3 Å². The van der Waals surface area contributed by atoms with Crippen LogP contribution in [-0.4, -0.2) is 0 Å². The molecule has 18 heavy (non-hydrogen) atoms. The third kappa shape index (κ3) is 3.52. The van der Waals surface area contributed by atoms with Crippen LogP contribution in [-0.2, 0) is 0 Å². The van der Waals surface area contributed by atoms with Crippen molar-refractivity contribution >= 4 is 0 Å². The van der Waals surface area contributed by atoms with Crippen molar-refractivity contribution in [2.75, 3.05) is 0 Å². The summed E-state index contributed by atoms with van der Waals surface area (Å²) in [7, 11) is 0. The van der Waals surface area contributed by atoms with Gasteiger partial charge in [0.1, 0.15) is 0 Å². The molecule has 1 aliphatic carbocycles. The van der Waals surface area contributed by atoms with Crippen LogP contribution < -0.4 is 0 Å². The first-order chi connectivity index (χ1) is 7.94. The van der Waals surface area contributed by atoms with Gasteiger partial charge in [-0.05, 0) is 53.3 Å². The highest BCUT2D eigenvalue weighted by atomic mass is 14.5. The minimum absolute atomic E-state index is 0.452. The van der Waals surface area contributed by atoms with Crippen LogP contribution in [0.3, 0.4) is 0 Å². The van der Waals surface area contributed by atoms with E-state index in [1.54, 1.807) is 0 Å². The second-order valence-corrected chi connectivity index (χ2v) is 9.34. The Bertz CT molecular complexity index is 237. The molecule has 0 aromatic heterocycles. The summed E-state index contributed by atoms with van der Waals surface area (Å²) in [5.41, 5.74) is 0.903. The average molecular weight is 252 g/mol. The molecular weight excluding hydrogens is 216 g/mol. The predicted octanol–water partition coefficient (Wildman–Crippen LogP) is 6.01. The van der Waals surface area contributed by atoms with Gasteiger partial charge in [0.05, 0.1) is 0 Å². The van der Waals surface area contributed by atoms with Crippen LogP contribution in [0.5, 0.6) is 0 Å². The summed E-state index contributed by atoms with van der Waals surface area (Å²) in [6.07, 6.45) is 2.86. The van der Waals surface area contributed by atoms with Crippen molar-refractivity contribution < 1.29 is 0 Å². The number of rotatable bonds is 1. The largest absolute Gasteiger partial charge is 0.0625 e. The molecule has 1 fully saturated rings. The first-order valence-electron chi connectivity index (χ1n) is 7.94. The van der Waals surface area contributed by atoms with E-state index in [0.717, 1.165) is 29.6 Å². The fourth-order valence-corrected chi connectivity index (χ4v) is 4.35. The van der Waals surface area contributed by atoms with Crippen molar-refractivity contribution in [1.29, 1.82) is 0 Å². The second kappa shape index (κ2) is 5.17. The van der Waals surface area contributed by atoms with Crippen molar-refractivity contribution in [2.24, 2.45) is 40.4 Å². The Hall–Kier alpha value is 0. The molecular formula is C18H36. The molecule has 0 bridgehead atoms. The summed E-state index contributed by atoms with van der Waals surface area (Å²) in [4.78, 5) is 0. The molecule has 2 atom stereocenters. The lowest BCUT2D eigenvalue weighted by Gasteiger charge is -2.53. The highest BCUT2D eigenvalue weighted by Crippen LogP contribution is 2.54.